The van der Waals surface area contributed by atoms with Crippen LogP contribution >= 0.6 is 12.4 Å². The van der Waals surface area contributed by atoms with E-state index in [4.69, 9.17) is 10.5 Å². The zero-order chi connectivity index (χ0) is 12.3. The number of rotatable bonds is 3. The Hall–Kier alpha value is -1.14. The normalized spacial score (nSPS) is 12.8. The number of phenolic OH excluding ortho intramolecular Hbond substituents is 1. The number of benzene rings is 1. The van der Waals surface area contributed by atoms with Crippen LogP contribution in [0.1, 0.15) is 18.0 Å². The van der Waals surface area contributed by atoms with Crippen LogP contribution in [0, 0.1) is 0 Å². The molecule has 1 aromatic rings. The third kappa shape index (κ3) is 4.32. The van der Waals surface area contributed by atoms with Crippen LogP contribution in [0.4, 0.5) is 13.2 Å². The van der Waals surface area contributed by atoms with Crippen molar-refractivity contribution in [2.75, 3.05) is 7.11 Å². The Bertz CT molecular complexity index is 371. The molecule has 0 aliphatic rings. The number of ether oxygens (including phenoxy) is 1. The number of halogens is 4. The molecule has 0 radical (unpaired) electrons. The highest BCUT2D eigenvalue weighted by Gasteiger charge is 2.32. The molecule has 1 aromatic carbocycles. The van der Waals surface area contributed by atoms with Gasteiger partial charge in [-0.15, -0.1) is 12.4 Å². The number of nitrogens with two attached hydrogens (primary N) is 1. The second kappa shape index (κ2) is 5.97. The first-order valence-corrected chi connectivity index (χ1v) is 4.53. The van der Waals surface area contributed by atoms with Crippen LogP contribution in [-0.2, 0) is 0 Å². The van der Waals surface area contributed by atoms with E-state index in [-0.39, 0.29) is 29.5 Å². The average molecular weight is 272 g/mol. The fourth-order valence-corrected chi connectivity index (χ4v) is 1.36. The average Bonchev–Trinajstić information content (AvgIpc) is 2.15. The number of alkyl halides is 3. The number of para-hydroxylation sites is 1. The van der Waals surface area contributed by atoms with Crippen molar-refractivity contribution in [2.45, 2.75) is 18.6 Å². The molecule has 7 heteroatoms. The van der Waals surface area contributed by atoms with Crippen molar-refractivity contribution in [3.8, 4) is 11.5 Å². The molecule has 3 nitrogen and oxygen atoms in total. The lowest BCUT2D eigenvalue weighted by Gasteiger charge is -2.16. The highest BCUT2D eigenvalue weighted by molar-refractivity contribution is 5.85. The van der Waals surface area contributed by atoms with Crippen molar-refractivity contribution in [3.05, 3.63) is 23.8 Å². The summed E-state index contributed by atoms with van der Waals surface area (Å²) in [5.41, 5.74) is 5.39. The Morgan fingerprint density at radius 1 is 1.41 bits per heavy atom. The van der Waals surface area contributed by atoms with E-state index < -0.39 is 18.6 Å². The molecule has 1 atom stereocenters. The third-order valence-electron chi connectivity index (χ3n) is 2.10. The van der Waals surface area contributed by atoms with Crippen molar-refractivity contribution < 1.29 is 23.0 Å². The molecule has 0 saturated heterocycles. The van der Waals surface area contributed by atoms with E-state index in [0.717, 1.165) is 0 Å². The monoisotopic (exact) mass is 271 g/mol. The van der Waals surface area contributed by atoms with E-state index in [1.54, 1.807) is 0 Å². The molecule has 3 N–H and O–H groups in total. The number of hydrogen-bond acceptors (Lipinski definition) is 3. The summed E-state index contributed by atoms with van der Waals surface area (Å²) in [6, 6.07) is 2.97. The molecule has 0 fully saturated rings. The van der Waals surface area contributed by atoms with E-state index in [2.05, 4.69) is 0 Å². The Balaban J connectivity index is 0.00000256. The maximum absolute atomic E-state index is 12.1. The molecule has 98 valence electrons. The van der Waals surface area contributed by atoms with Crippen LogP contribution in [-0.4, -0.2) is 18.4 Å². The van der Waals surface area contributed by atoms with E-state index in [0.29, 0.717) is 0 Å². The van der Waals surface area contributed by atoms with Gasteiger partial charge < -0.3 is 15.6 Å². The molecule has 0 heterocycles. The number of hydrogen-bond donors (Lipinski definition) is 2. The van der Waals surface area contributed by atoms with E-state index in [1.165, 1.54) is 25.3 Å². The predicted molar refractivity (Wildman–Crippen MR) is 59.5 cm³/mol. The van der Waals surface area contributed by atoms with Gasteiger partial charge >= 0.3 is 6.18 Å². The number of phenols is 1. The fraction of sp³-hybridized carbons (Fsp3) is 0.400. The fourth-order valence-electron chi connectivity index (χ4n) is 1.36. The molecule has 0 spiro atoms. The maximum Gasteiger partial charge on any atom is 0.390 e. The Labute approximate surface area is 103 Å². The first-order valence-electron chi connectivity index (χ1n) is 4.53. The zero-order valence-electron chi connectivity index (χ0n) is 8.99. The highest BCUT2D eigenvalue weighted by atomic mass is 35.5. The molecule has 0 bridgehead atoms. The van der Waals surface area contributed by atoms with E-state index in [9.17, 15) is 18.3 Å². The van der Waals surface area contributed by atoms with Crippen LogP contribution in [0.15, 0.2) is 18.2 Å². The topological polar surface area (TPSA) is 55.5 Å². The molecule has 0 unspecified atom stereocenters. The van der Waals surface area contributed by atoms with Gasteiger partial charge in [-0.1, -0.05) is 12.1 Å². The largest absolute Gasteiger partial charge is 0.504 e. The molecule has 0 saturated carbocycles. The van der Waals surface area contributed by atoms with Gasteiger partial charge in [-0.05, 0) is 6.07 Å². The van der Waals surface area contributed by atoms with E-state index >= 15 is 0 Å². The highest BCUT2D eigenvalue weighted by Crippen LogP contribution is 2.36. The molecular weight excluding hydrogens is 259 g/mol. The summed E-state index contributed by atoms with van der Waals surface area (Å²) >= 11 is 0. The number of methoxy groups -OCH3 is 1. The van der Waals surface area contributed by atoms with Gasteiger partial charge in [0.2, 0.25) is 0 Å². The summed E-state index contributed by atoms with van der Waals surface area (Å²) in [5, 5.41) is 9.58. The van der Waals surface area contributed by atoms with Crippen LogP contribution < -0.4 is 10.5 Å². The summed E-state index contributed by atoms with van der Waals surface area (Å²) in [6.45, 7) is 0. The second-order valence-corrected chi connectivity index (χ2v) is 3.32. The molecule has 0 aliphatic heterocycles. The minimum atomic E-state index is -4.37. The summed E-state index contributed by atoms with van der Waals surface area (Å²) in [6.07, 6.45) is -5.55. The first-order chi connectivity index (χ1) is 7.35. The van der Waals surface area contributed by atoms with Gasteiger partial charge in [0.15, 0.2) is 11.5 Å². The van der Waals surface area contributed by atoms with Gasteiger partial charge in [-0.3, -0.25) is 0 Å². The van der Waals surface area contributed by atoms with Gasteiger partial charge in [0, 0.05) is 11.6 Å². The minimum Gasteiger partial charge on any atom is -0.504 e. The zero-order valence-corrected chi connectivity index (χ0v) is 9.81. The van der Waals surface area contributed by atoms with Crippen molar-refractivity contribution in [3.63, 3.8) is 0 Å². The SMILES string of the molecule is COc1cccc([C@H](N)CC(F)(F)F)c1O.Cl. The molecular formula is C10H13ClF3NO2. The lowest BCUT2D eigenvalue weighted by atomic mass is 10.0. The molecule has 1 rings (SSSR count). The molecule has 0 amide bonds. The van der Waals surface area contributed by atoms with Gasteiger partial charge in [0.25, 0.3) is 0 Å². The van der Waals surface area contributed by atoms with E-state index in [1.807, 2.05) is 0 Å². The summed E-state index contributed by atoms with van der Waals surface area (Å²) in [5.74, 6) is -0.239. The summed E-state index contributed by atoms with van der Waals surface area (Å²) < 4.78 is 41.1. The quantitative estimate of drug-likeness (QED) is 0.889. The number of aromatic hydroxyl groups is 1. The molecule has 0 aromatic heterocycles. The smallest absolute Gasteiger partial charge is 0.390 e. The van der Waals surface area contributed by atoms with Crippen LogP contribution in [0.2, 0.25) is 0 Å². The van der Waals surface area contributed by atoms with Crippen LogP contribution in [0.5, 0.6) is 11.5 Å². The Morgan fingerprint density at radius 3 is 2.47 bits per heavy atom. The van der Waals surface area contributed by atoms with Crippen LogP contribution in [0.25, 0.3) is 0 Å². The van der Waals surface area contributed by atoms with Crippen molar-refractivity contribution in [2.24, 2.45) is 5.73 Å². The van der Waals surface area contributed by atoms with Crippen molar-refractivity contribution in [1.29, 1.82) is 0 Å². The Morgan fingerprint density at radius 2 is 2.00 bits per heavy atom. The van der Waals surface area contributed by atoms with Gasteiger partial charge in [-0.25, -0.2) is 0 Å². The van der Waals surface area contributed by atoms with Gasteiger partial charge in [0.05, 0.1) is 13.5 Å². The summed E-state index contributed by atoms with van der Waals surface area (Å²) in [7, 11) is 1.31. The predicted octanol–water partition coefficient (Wildman–Crippen LogP) is 2.77. The molecule has 17 heavy (non-hydrogen) atoms. The lowest BCUT2D eigenvalue weighted by Crippen LogP contribution is -2.20. The van der Waals surface area contributed by atoms with Gasteiger partial charge in [-0.2, -0.15) is 13.2 Å². The minimum absolute atomic E-state index is 0. The molecule has 0 aliphatic carbocycles. The second-order valence-electron chi connectivity index (χ2n) is 3.32. The maximum atomic E-state index is 12.1. The van der Waals surface area contributed by atoms with Crippen molar-refractivity contribution in [1.82, 2.24) is 0 Å². The van der Waals surface area contributed by atoms with Crippen LogP contribution in [0.3, 0.4) is 0 Å². The van der Waals surface area contributed by atoms with Gasteiger partial charge in [0.1, 0.15) is 0 Å². The standard InChI is InChI=1S/C10H12F3NO2.ClH/c1-16-8-4-2-3-6(9(8)15)7(14)5-10(11,12)13;/h2-4,7,15H,5,14H2,1H3;1H/t7-;/m1./s1. The summed E-state index contributed by atoms with van der Waals surface area (Å²) in [4.78, 5) is 0. The van der Waals surface area contributed by atoms with Crippen molar-refractivity contribution >= 4 is 12.4 Å². The Kier molecular flexibility index (Phi) is 5.57. The first kappa shape index (κ1) is 15.9. The third-order valence-corrected chi connectivity index (χ3v) is 2.10. The lowest BCUT2D eigenvalue weighted by molar-refractivity contribution is -0.138.